The number of nitrogens with one attached hydrogen (secondary N) is 1. The Balaban J connectivity index is 2.87. The predicted octanol–water partition coefficient (Wildman–Crippen LogP) is 5.73. The van der Waals surface area contributed by atoms with Crippen molar-refractivity contribution in [1.82, 2.24) is 5.32 Å². The van der Waals surface area contributed by atoms with E-state index in [0.717, 1.165) is 28.6 Å². The molecule has 1 N–H and O–H groups in total. The molecule has 1 rings (SSSR count). The molecule has 1 aromatic carbocycles. The average molecular weight is 316 g/mol. The van der Waals surface area contributed by atoms with Crippen molar-refractivity contribution >= 4 is 23.2 Å². The molecule has 0 aliphatic heterocycles. The second kappa shape index (κ2) is 7.15. The van der Waals surface area contributed by atoms with Crippen molar-refractivity contribution in [2.45, 2.75) is 59.4 Å². The summed E-state index contributed by atoms with van der Waals surface area (Å²) >= 11 is 12.4. The van der Waals surface area contributed by atoms with Gasteiger partial charge in [0.2, 0.25) is 0 Å². The van der Waals surface area contributed by atoms with Gasteiger partial charge in [0, 0.05) is 22.1 Å². The Morgan fingerprint density at radius 3 is 2.30 bits per heavy atom. The molecule has 1 nitrogen and oxygen atoms in total. The van der Waals surface area contributed by atoms with Crippen LogP contribution in [0.1, 0.15) is 53.0 Å². The van der Waals surface area contributed by atoms with E-state index in [1.807, 2.05) is 18.2 Å². The summed E-state index contributed by atoms with van der Waals surface area (Å²) < 4.78 is 0. The zero-order valence-corrected chi connectivity index (χ0v) is 14.8. The summed E-state index contributed by atoms with van der Waals surface area (Å²) in [4.78, 5) is 0. The fourth-order valence-electron chi connectivity index (χ4n) is 2.46. The lowest BCUT2D eigenvalue weighted by atomic mass is 9.79. The third-order valence-corrected chi connectivity index (χ3v) is 4.13. The van der Waals surface area contributed by atoms with E-state index in [4.69, 9.17) is 23.2 Å². The lowest BCUT2D eigenvalue weighted by Crippen LogP contribution is -2.43. The molecular weight excluding hydrogens is 289 g/mol. The van der Waals surface area contributed by atoms with Gasteiger partial charge in [0.15, 0.2) is 0 Å². The van der Waals surface area contributed by atoms with Crippen LogP contribution in [-0.2, 0) is 6.42 Å². The maximum Gasteiger partial charge on any atom is 0.0439 e. The topological polar surface area (TPSA) is 12.0 Å². The zero-order valence-electron chi connectivity index (χ0n) is 13.3. The molecule has 114 valence electrons. The summed E-state index contributed by atoms with van der Waals surface area (Å²) in [6, 6.07) is 5.73. The summed E-state index contributed by atoms with van der Waals surface area (Å²) in [6.07, 6.45) is 3.28. The largest absolute Gasteiger partial charge is 0.312 e. The van der Waals surface area contributed by atoms with Crippen molar-refractivity contribution in [2.24, 2.45) is 5.41 Å². The summed E-state index contributed by atoms with van der Waals surface area (Å²) in [7, 11) is 0. The molecule has 1 aromatic rings. The van der Waals surface area contributed by atoms with Gasteiger partial charge in [-0.05, 0) is 62.8 Å². The average Bonchev–Trinajstić information content (AvgIpc) is 2.31. The highest BCUT2D eigenvalue weighted by molar-refractivity contribution is 6.33. The highest BCUT2D eigenvalue weighted by Gasteiger charge is 2.26. The van der Waals surface area contributed by atoms with Crippen molar-refractivity contribution in [3.8, 4) is 0 Å². The van der Waals surface area contributed by atoms with Crippen molar-refractivity contribution in [2.75, 3.05) is 6.54 Å². The minimum atomic E-state index is 0.132. The Morgan fingerprint density at radius 1 is 1.10 bits per heavy atom. The Labute approximate surface area is 134 Å². The second-order valence-electron chi connectivity index (χ2n) is 7.08. The number of benzene rings is 1. The number of rotatable bonds is 6. The lowest BCUT2D eigenvalue weighted by molar-refractivity contribution is 0.244. The molecule has 20 heavy (non-hydrogen) atoms. The van der Waals surface area contributed by atoms with E-state index in [-0.39, 0.29) is 11.0 Å². The van der Waals surface area contributed by atoms with Gasteiger partial charge in [-0.1, -0.05) is 43.5 Å². The van der Waals surface area contributed by atoms with Crippen LogP contribution in [-0.4, -0.2) is 12.1 Å². The van der Waals surface area contributed by atoms with Crippen molar-refractivity contribution in [3.05, 3.63) is 33.8 Å². The molecule has 1 atom stereocenters. The van der Waals surface area contributed by atoms with E-state index >= 15 is 0 Å². The van der Waals surface area contributed by atoms with Gasteiger partial charge in [-0.25, -0.2) is 0 Å². The maximum atomic E-state index is 6.31. The van der Waals surface area contributed by atoms with Crippen LogP contribution in [0.5, 0.6) is 0 Å². The van der Waals surface area contributed by atoms with Gasteiger partial charge >= 0.3 is 0 Å². The molecule has 0 bridgehead atoms. The lowest BCUT2D eigenvalue weighted by Gasteiger charge is -2.34. The number of halogens is 2. The Hall–Kier alpha value is -0.240. The fourth-order valence-corrected chi connectivity index (χ4v) is 2.84. The van der Waals surface area contributed by atoms with Crippen LogP contribution in [0.25, 0.3) is 0 Å². The maximum absolute atomic E-state index is 6.31. The summed E-state index contributed by atoms with van der Waals surface area (Å²) in [6.45, 7) is 12.1. The molecule has 0 aliphatic rings. The fraction of sp³-hybridized carbons (Fsp3) is 0.647. The van der Waals surface area contributed by atoms with E-state index in [2.05, 4.69) is 39.9 Å². The van der Waals surface area contributed by atoms with Crippen molar-refractivity contribution in [1.29, 1.82) is 0 Å². The van der Waals surface area contributed by atoms with Crippen LogP contribution in [0, 0.1) is 5.41 Å². The van der Waals surface area contributed by atoms with Gasteiger partial charge in [-0.2, -0.15) is 0 Å². The first kappa shape index (κ1) is 17.8. The SMILES string of the molecule is CCCC(C)(CNC(C)(C)C)Cc1cc(Cl)ccc1Cl. The molecular formula is C17H27Cl2N. The zero-order chi connectivity index (χ0) is 15.4. The molecule has 0 spiro atoms. The molecule has 0 radical (unpaired) electrons. The highest BCUT2D eigenvalue weighted by Crippen LogP contribution is 2.32. The Bertz CT molecular complexity index is 437. The van der Waals surface area contributed by atoms with Gasteiger partial charge in [0.25, 0.3) is 0 Å². The molecule has 0 heterocycles. The molecule has 0 aromatic heterocycles. The van der Waals surface area contributed by atoms with E-state index in [9.17, 15) is 0 Å². The quantitative estimate of drug-likeness (QED) is 0.706. The van der Waals surface area contributed by atoms with Crippen LogP contribution >= 0.6 is 23.2 Å². The molecule has 0 fully saturated rings. The monoisotopic (exact) mass is 315 g/mol. The van der Waals surface area contributed by atoms with Gasteiger partial charge < -0.3 is 5.32 Å². The Morgan fingerprint density at radius 2 is 1.75 bits per heavy atom. The first-order valence-corrected chi connectivity index (χ1v) is 8.10. The van der Waals surface area contributed by atoms with Crippen molar-refractivity contribution < 1.29 is 0 Å². The number of hydrogen-bond acceptors (Lipinski definition) is 1. The van der Waals surface area contributed by atoms with Gasteiger partial charge in [0.05, 0.1) is 0 Å². The third-order valence-electron chi connectivity index (χ3n) is 3.52. The van der Waals surface area contributed by atoms with Crippen molar-refractivity contribution in [3.63, 3.8) is 0 Å². The third kappa shape index (κ3) is 6.03. The van der Waals surface area contributed by atoms with Gasteiger partial charge in [0.1, 0.15) is 0 Å². The van der Waals surface area contributed by atoms with Crippen LogP contribution in [0.15, 0.2) is 18.2 Å². The van der Waals surface area contributed by atoms with E-state index in [1.54, 1.807) is 0 Å². The molecule has 0 aliphatic carbocycles. The summed E-state index contributed by atoms with van der Waals surface area (Å²) in [5.74, 6) is 0. The molecule has 0 amide bonds. The normalized spacial score (nSPS) is 15.2. The standard InChI is InChI=1S/C17H27Cl2N/c1-6-9-17(5,12-20-16(2,3)4)11-13-10-14(18)7-8-15(13)19/h7-8,10,20H,6,9,11-12H2,1-5H3. The second-order valence-corrected chi connectivity index (χ2v) is 7.92. The molecule has 0 saturated carbocycles. The van der Waals surface area contributed by atoms with E-state index < -0.39 is 0 Å². The molecule has 3 heteroatoms. The first-order chi connectivity index (χ1) is 9.15. The Kier molecular flexibility index (Phi) is 6.37. The molecule has 1 unspecified atom stereocenters. The van der Waals surface area contributed by atoms with Crippen LogP contribution in [0.2, 0.25) is 10.0 Å². The number of hydrogen-bond donors (Lipinski definition) is 1. The van der Waals surface area contributed by atoms with E-state index in [0.29, 0.717) is 0 Å². The first-order valence-electron chi connectivity index (χ1n) is 7.34. The minimum absolute atomic E-state index is 0.132. The van der Waals surface area contributed by atoms with Gasteiger partial charge in [-0.3, -0.25) is 0 Å². The summed E-state index contributed by atoms with van der Waals surface area (Å²) in [5.41, 5.74) is 1.47. The van der Waals surface area contributed by atoms with Crippen LogP contribution < -0.4 is 5.32 Å². The van der Waals surface area contributed by atoms with Crippen LogP contribution in [0.4, 0.5) is 0 Å². The van der Waals surface area contributed by atoms with Crippen LogP contribution in [0.3, 0.4) is 0 Å². The highest BCUT2D eigenvalue weighted by atomic mass is 35.5. The summed E-state index contributed by atoms with van der Waals surface area (Å²) in [5, 5.41) is 5.19. The van der Waals surface area contributed by atoms with E-state index in [1.165, 1.54) is 12.8 Å². The molecule has 0 saturated heterocycles. The predicted molar refractivity (Wildman–Crippen MR) is 90.9 cm³/mol. The smallest absolute Gasteiger partial charge is 0.0439 e. The minimum Gasteiger partial charge on any atom is -0.312 e. The van der Waals surface area contributed by atoms with Gasteiger partial charge in [-0.15, -0.1) is 0 Å².